The molecule has 2 rings (SSSR count). The molecule has 2 unspecified atom stereocenters. The highest BCUT2D eigenvalue weighted by molar-refractivity contribution is 5.19. The Morgan fingerprint density at radius 2 is 2.27 bits per heavy atom. The molecule has 2 atom stereocenters. The molecule has 86 valence electrons. The average molecular weight is 209 g/mol. The van der Waals surface area contributed by atoms with Crippen LogP contribution >= 0.6 is 0 Å². The molecule has 1 saturated heterocycles. The summed E-state index contributed by atoms with van der Waals surface area (Å²) in [6.07, 6.45) is 9.45. The van der Waals surface area contributed by atoms with E-state index in [1.54, 1.807) is 0 Å². The molecule has 1 fully saturated rings. The zero-order valence-electron chi connectivity index (χ0n) is 9.76. The Morgan fingerprint density at radius 1 is 1.40 bits per heavy atom. The molecule has 1 aliphatic carbocycles. The second kappa shape index (κ2) is 4.67. The van der Waals surface area contributed by atoms with Crippen LogP contribution in [-0.2, 0) is 0 Å². The molecule has 0 amide bonds. The standard InChI is InChI=1S/C13H23NO/c1-13(15,11-6-3-2-4-7-11)12-8-5-9-14-10-12/h6,12,14-15H,2-5,7-10H2,1H3. The van der Waals surface area contributed by atoms with E-state index in [0.717, 1.165) is 32.4 Å². The maximum absolute atomic E-state index is 10.7. The van der Waals surface area contributed by atoms with E-state index < -0.39 is 5.60 Å². The lowest BCUT2D eigenvalue weighted by Gasteiger charge is -2.39. The third-order valence-corrected chi connectivity index (χ3v) is 4.03. The van der Waals surface area contributed by atoms with Crippen molar-refractivity contribution in [1.29, 1.82) is 0 Å². The van der Waals surface area contributed by atoms with Gasteiger partial charge in [-0.1, -0.05) is 6.08 Å². The first kappa shape index (κ1) is 11.2. The van der Waals surface area contributed by atoms with Crippen LogP contribution in [0.3, 0.4) is 0 Å². The van der Waals surface area contributed by atoms with Crippen molar-refractivity contribution in [3.8, 4) is 0 Å². The van der Waals surface area contributed by atoms with E-state index in [-0.39, 0.29) is 0 Å². The third kappa shape index (κ3) is 2.43. The van der Waals surface area contributed by atoms with Crippen LogP contribution in [0.1, 0.15) is 45.4 Å². The average Bonchev–Trinajstić information content (AvgIpc) is 2.31. The maximum Gasteiger partial charge on any atom is 0.0868 e. The van der Waals surface area contributed by atoms with Gasteiger partial charge < -0.3 is 10.4 Å². The van der Waals surface area contributed by atoms with Gasteiger partial charge in [0.2, 0.25) is 0 Å². The fourth-order valence-electron chi connectivity index (χ4n) is 2.89. The first-order valence-electron chi connectivity index (χ1n) is 6.34. The predicted molar refractivity (Wildman–Crippen MR) is 62.8 cm³/mol. The highest BCUT2D eigenvalue weighted by atomic mass is 16.3. The number of rotatable bonds is 2. The van der Waals surface area contributed by atoms with Crippen molar-refractivity contribution in [2.45, 2.75) is 51.0 Å². The highest BCUT2D eigenvalue weighted by Gasteiger charge is 2.36. The quantitative estimate of drug-likeness (QED) is 0.684. The van der Waals surface area contributed by atoms with Crippen molar-refractivity contribution in [2.75, 3.05) is 13.1 Å². The van der Waals surface area contributed by atoms with Gasteiger partial charge in [0.1, 0.15) is 0 Å². The fourth-order valence-corrected chi connectivity index (χ4v) is 2.89. The zero-order valence-corrected chi connectivity index (χ0v) is 9.76. The Kier molecular flexibility index (Phi) is 3.47. The van der Waals surface area contributed by atoms with Crippen LogP contribution < -0.4 is 5.32 Å². The molecule has 2 heteroatoms. The minimum absolute atomic E-state index is 0.413. The van der Waals surface area contributed by atoms with Crippen LogP contribution in [-0.4, -0.2) is 23.8 Å². The van der Waals surface area contributed by atoms with Crippen LogP contribution in [0.15, 0.2) is 11.6 Å². The molecule has 2 aliphatic rings. The molecular formula is C13H23NO. The van der Waals surface area contributed by atoms with Gasteiger partial charge in [-0.2, -0.15) is 0 Å². The van der Waals surface area contributed by atoms with Crippen LogP contribution in [0.5, 0.6) is 0 Å². The third-order valence-electron chi connectivity index (χ3n) is 4.03. The van der Waals surface area contributed by atoms with Crippen molar-refractivity contribution in [3.63, 3.8) is 0 Å². The van der Waals surface area contributed by atoms with Gasteiger partial charge in [-0.05, 0) is 57.6 Å². The summed E-state index contributed by atoms with van der Waals surface area (Å²) < 4.78 is 0. The van der Waals surface area contributed by atoms with Gasteiger partial charge in [0, 0.05) is 12.5 Å². The Morgan fingerprint density at radius 3 is 2.87 bits per heavy atom. The largest absolute Gasteiger partial charge is 0.385 e. The van der Waals surface area contributed by atoms with Gasteiger partial charge >= 0.3 is 0 Å². The van der Waals surface area contributed by atoms with Crippen LogP contribution in [0.4, 0.5) is 0 Å². The Labute approximate surface area is 92.8 Å². The minimum atomic E-state index is -0.562. The van der Waals surface area contributed by atoms with Crippen LogP contribution in [0, 0.1) is 5.92 Å². The topological polar surface area (TPSA) is 32.3 Å². The summed E-state index contributed by atoms with van der Waals surface area (Å²) in [6.45, 7) is 4.11. The Balaban J connectivity index is 2.06. The van der Waals surface area contributed by atoms with Gasteiger partial charge in [-0.25, -0.2) is 0 Å². The van der Waals surface area contributed by atoms with E-state index >= 15 is 0 Å². The number of allylic oxidation sites excluding steroid dienone is 1. The van der Waals surface area contributed by atoms with Crippen LogP contribution in [0.25, 0.3) is 0 Å². The molecule has 1 heterocycles. The van der Waals surface area contributed by atoms with E-state index in [2.05, 4.69) is 11.4 Å². The summed E-state index contributed by atoms with van der Waals surface area (Å²) in [5.41, 5.74) is 0.732. The summed E-state index contributed by atoms with van der Waals surface area (Å²) >= 11 is 0. The molecule has 0 radical (unpaired) electrons. The molecule has 0 spiro atoms. The van der Waals surface area contributed by atoms with Crippen LogP contribution in [0.2, 0.25) is 0 Å². The van der Waals surface area contributed by atoms with Crippen molar-refractivity contribution < 1.29 is 5.11 Å². The second-order valence-electron chi connectivity index (χ2n) is 5.17. The number of hydrogen-bond donors (Lipinski definition) is 2. The summed E-state index contributed by atoms with van der Waals surface area (Å²) in [6, 6.07) is 0. The SMILES string of the molecule is CC(O)(C1=CCCCC1)C1CCCNC1. The van der Waals surface area contributed by atoms with Gasteiger partial charge in [0.15, 0.2) is 0 Å². The number of piperidine rings is 1. The van der Waals surface area contributed by atoms with E-state index in [9.17, 15) is 5.11 Å². The molecule has 15 heavy (non-hydrogen) atoms. The van der Waals surface area contributed by atoms with E-state index in [4.69, 9.17) is 0 Å². The minimum Gasteiger partial charge on any atom is -0.385 e. The Bertz CT molecular complexity index is 239. The summed E-state index contributed by atoms with van der Waals surface area (Å²) in [5, 5.41) is 14.0. The molecule has 0 saturated carbocycles. The van der Waals surface area contributed by atoms with Crippen molar-refractivity contribution in [3.05, 3.63) is 11.6 Å². The number of aliphatic hydroxyl groups is 1. The molecule has 0 aromatic heterocycles. The van der Waals surface area contributed by atoms with Crippen molar-refractivity contribution >= 4 is 0 Å². The lowest BCUT2D eigenvalue weighted by molar-refractivity contribution is 0.0189. The lowest BCUT2D eigenvalue weighted by Crippen LogP contribution is -2.45. The van der Waals surface area contributed by atoms with Gasteiger partial charge in [-0.15, -0.1) is 0 Å². The maximum atomic E-state index is 10.7. The van der Waals surface area contributed by atoms with Gasteiger partial charge in [0.25, 0.3) is 0 Å². The van der Waals surface area contributed by atoms with Crippen molar-refractivity contribution in [1.82, 2.24) is 5.32 Å². The monoisotopic (exact) mass is 209 g/mol. The van der Waals surface area contributed by atoms with E-state index in [0.29, 0.717) is 5.92 Å². The molecule has 1 aliphatic heterocycles. The lowest BCUT2D eigenvalue weighted by atomic mass is 9.75. The zero-order chi connectivity index (χ0) is 10.7. The Hall–Kier alpha value is -0.340. The first-order valence-corrected chi connectivity index (χ1v) is 6.34. The molecule has 2 N–H and O–H groups in total. The predicted octanol–water partition coefficient (Wildman–Crippen LogP) is 2.24. The fraction of sp³-hybridized carbons (Fsp3) is 0.846. The number of hydrogen-bond acceptors (Lipinski definition) is 2. The summed E-state index contributed by atoms with van der Waals surface area (Å²) in [4.78, 5) is 0. The van der Waals surface area contributed by atoms with Gasteiger partial charge in [-0.3, -0.25) is 0 Å². The molecule has 0 aromatic rings. The molecule has 0 aromatic carbocycles. The highest BCUT2D eigenvalue weighted by Crippen LogP contribution is 2.35. The van der Waals surface area contributed by atoms with E-state index in [1.165, 1.54) is 24.8 Å². The summed E-state index contributed by atoms with van der Waals surface area (Å²) in [7, 11) is 0. The molecule has 2 nitrogen and oxygen atoms in total. The normalized spacial score (nSPS) is 31.9. The van der Waals surface area contributed by atoms with Gasteiger partial charge in [0.05, 0.1) is 5.60 Å². The number of nitrogens with one attached hydrogen (secondary N) is 1. The first-order chi connectivity index (χ1) is 7.21. The molecule has 0 bridgehead atoms. The molecular weight excluding hydrogens is 186 g/mol. The summed E-state index contributed by atoms with van der Waals surface area (Å²) in [5.74, 6) is 0.413. The smallest absolute Gasteiger partial charge is 0.0868 e. The van der Waals surface area contributed by atoms with E-state index in [1.807, 2.05) is 6.92 Å². The second-order valence-corrected chi connectivity index (χ2v) is 5.17. The van der Waals surface area contributed by atoms with Crippen molar-refractivity contribution in [2.24, 2.45) is 5.92 Å².